The van der Waals surface area contributed by atoms with Crippen molar-refractivity contribution in [1.29, 1.82) is 0 Å². The SMILES string of the molecule is Cn1ccc(-c2csc(C=O)c2)n1. The Bertz CT molecular complexity index is 430. The first-order valence-electron chi connectivity index (χ1n) is 3.83. The number of aryl methyl sites for hydroxylation is 1. The highest BCUT2D eigenvalue weighted by Crippen LogP contribution is 2.22. The summed E-state index contributed by atoms with van der Waals surface area (Å²) in [6, 6.07) is 3.77. The van der Waals surface area contributed by atoms with E-state index in [1.54, 1.807) is 4.68 Å². The van der Waals surface area contributed by atoms with Crippen LogP contribution in [-0.4, -0.2) is 16.1 Å². The molecular formula is C9H8N2OS. The maximum atomic E-state index is 10.4. The largest absolute Gasteiger partial charge is 0.297 e. The van der Waals surface area contributed by atoms with Crippen molar-refractivity contribution in [2.45, 2.75) is 0 Å². The number of carbonyl (C=O) groups excluding carboxylic acids is 1. The molecule has 0 aliphatic carbocycles. The number of hydrogen-bond acceptors (Lipinski definition) is 3. The summed E-state index contributed by atoms with van der Waals surface area (Å²) in [5.41, 5.74) is 1.92. The van der Waals surface area contributed by atoms with Gasteiger partial charge in [-0.3, -0.25) is 9.48 Å². The zero-order chi connectivity index (χ0) is 9.26. The molecule has 0 aromatic carbocycles. The van der Waals surface area contributed by atoms with Crippen molar-refractivity contribution in [3.05, 3.63) is 28.6 Å². The second kappa shape index (κ2) is 3.14. The summed E-state index contributed by atoms with van der Waals surface area (Å²) in [5.74, 6) is 0. The molecule has 0 bridgehead atoms. The standard InChI is InChI=1S/C9H8N2OS/c1-11-3-2-9(10-11)7-4-8(5-12)13-6-7/h2-6H,1H3. The minimum Gasteiger partial charge on any atom is -0.297 e. The van der Waals surface area contributed by atoms with Crippen molar-refractivity contribution < 1.29 is 4.79 Å². The zero-order valence-electron chi connectivity index (χ0n) is 7.10. The van der Waals surface area contributed by atoms with E-state index in [2.05, 4.69) is 5.10 Å². The van der Waals surface area contributed by atoms with Gasteiger partial charge >= 0.3 is 0 Å². The Kier molecular flexibility index (Phi) is 1.98. The Balaban J connectivity index is 2.40. The van der Waals surface area contributed by atoms with Crippen molar-refractivity contribution in [3.8, 4) is 11.3 Å². The van der Waals surface area contributed by atoms with Gasteiger partial charge in [0, 0.05) is 24.2 Å². The van der Waals surface area contributed by atoms with Crippen LogP contribution in [0.2, 0.25) is 0 Å². The minimum absolute atomic E-state index is 0.737. The van der Waals surface area contributed by atoms with Gasteiger partial charge in [0.25, 0.3) is 0 Å². The fraction of sp³-hybridized carbons (Fsp3) is 0.111. The molecule has 2 heterocycles. The Hall–Kier alpha value is -1.42. The summed E-state index contributed by atoms with van der Waals surface area (Å²) in [6.07, 6.45) is 2.74. The molecule has 0 amide bonds. The molecule has 0 atom stereocenters. The number of carbonyl (C=O) groups is 1. The van der Waals surface area contributed by atoms with Crippen molar-refractivity contribution in [2.24, 2.45) is 7.05 Å². The number of aromatic nitrogens is 2. The zero-order valence-corrected chi connectivity index (χ0v) is 7.91. The van der Waals surface area contributed by atoms with Crippen molar-refractivity contribution in [1.82, 2.24) is 9.78 Å². The smallest absolute Gasteiger partial charge is 0.160 e. The molecule has 66 valence electrons. The second-order valence-electron chi connectivity index (χ2n) is 2.73. The molecular weight excluding hydrogens is 184 g/mol. The quantitative estimate of drug-likeness (QED) is 0.682. The Labute approximate surface area is 79.6 Å². The molecule has 0 aliphatic heterocycles. The van der Waals surface area contributed by atoms with Gasteiger partial charge in [-0.05, 0) is 12.1 Å². The first-order valence-corrected chi connectivity index (χ1v) is 4.71. The molecule has 2 aromatic heterocycles. The van der Waals surface area contributed by atoms with Crippen LogP contribution in [0.25, 0.3) is 11.3 Å². The van der Waals surface area contributed by atoms with E-state index < -0.39 is 0 Å². The van der Waals surface area contributed by atoms with Gasteiger partial charge in [0.15, 0.2) is 6.29 Å². The lowest BCUT2D eigenvalue weighted by Crippen LogP contribution is -1.86. The van der Waals surface area contributed by atoms with Crippen LogP contribution < -0.4 is 0 Å². The van der Waals surface area contributed by atoms with Gasteiger partial charge in [0.2, 0.25) is 0 Å². The maximum Gasteiger partial charge on any atom is 0.160 e. The van der Waals surface area contributed by atoms with Crippen LogP contribution in [0.3, 0.4) is 0 Å². The lowest BCUT2D eigenvalue weighted by atomic mass is 10.2. The summed E-state index contributed by atoms with van der Waals surface area (Å²) in [7, 11) is 1.87. The highest BCUT2D eigenvalue weighted by molar-refractivity contribution is 7.12. The maximum absolute atomic E-state index is 10.4. The van der Waals surface area contributed by atoms with Gasteiger partial charge < -0.3 is 0 Å². The molecule has 0 fully saturated rings. The first-order chi connectivity index (χ1) is 6.29. The molecule has 0 spiro atoms. The molecule has 0 saturated heterocycles. The number of nitrogens with zero attached hydrogens (tertiary/aromatic N) is 2. The normalized spacial score (nSPS) is 10.2. The molecule has 13 heavy (non-hydrogen) atoms. The molecule has 0 radical (unpaired) electrons. The molecule has 4 heteroatoms. The topological polar surface area (TPSA) is 34.9 Å². The predicted octanol–water partition coefficient (Wildman–Crippen LogP) is 1.96. The number of hydrogen-bond donors (Lipinski definition) is 0. The predicted molar refractivity (Wildman–Crippen MR) is 51.9 cm³/mol. The fourth-order valence-electron chi connectivity index (χ4n) is 1.12. The highest BCUT2D eigenvalue weighted by atomic mass is 32.1. The van der Waals surface area contributed by atoms with Crippen molar-refractivity contribution in [2.75, 3.05) is 0 Å². The van der Waals surface area contributed by atoms with Crippen LogP contribution in [-0.2, 0) is 7.05 Å². The second-order valence-corrected chi connectivity index (χ2v) is 3.67. The fourth-order valence-corrected chi connectivity index (χ4v) is 1.82. The van der Waals surface area contributed by atoms with Gasteiger partial charge in [0.05, 0.1) is 10.6 Å². The van der Waals surface area contributed by atoms with Gasteiger partial charge in [0.1, 0.15) is 0 Å². The third-order valence-electron chi connectivity index (χ3n) is 1.75. The molecule has 2 aromatic rings. The van der Waals surface area contributed by atoms with Gasteiger partial charge in [-0.2, -0.15) is 5.10 Å². The first kappa shape index (κ1) is 8.19. The number of rotatable bonds is 2. The highest BCUT2D eigenvalue weighted by Gasteiger charge is 2.03. The average molecular weight is 192 g/mol. The monoisotopic (exact) mass is 192 g/mol. The van der Waals surface area contributed by atoms with E-state index in [1.807, 2.05) is 30.8 Å². The Morgan fingerprint density at radius 3 is 3.00 bits per heavy atom. The van der Waals surface area contributed by atoms with Crippen molar-refractivity contribution in [3.63, 3.8) is 0 Å². The molecule has 0 saturated carbocycles. The number of thiophene rings is 1. The van der Waals surface area contributed by atoms with Crippen LogP contribution >= 0.6 is 11.3 Å². The van der Waals surface area contributed by atoms with E-state index in [0.29, 0.717) is 0 Å². The van der Waals surface area contributed by atoms with Gasteiger partial charge in [-0.1, -0.05) is 0 Å². The molecule has 3 nitrogen and oxygen atoms in total. The lowest BCUT2D eigenvalue weighted by Gasteiger charge is -1.87. The van der Waals surface area contributed by atoms with E-state index in [-0.39, 0.29) is 0 Å². The molecule has 0 unspecified atom stereocenters. The Morgan fingerprint density at radius 1 is 1.62 bits per heavy atom. The lowest BCUT2D eigenvalue weighted by molar-refractivity contribution is 0.112. The third-order valence-corrected chi connectivity index (χ3v) is 2.60. The summed E-state index contributed by atoms with van der Waals surface area (Å²) < 4.78 is 1.74. The summed E-state index contributed by atoms with van der Waals surface area (Å²) >= 11 is 1.44. The molecule has 2 rings (SSSR count). The third kappa shape index (κ3) is 1.53. The molecule has 0 N–H and O–H groups in total. The molecule has 0 aliphatic rings. The van der Waals surface area contributed by atoms with Crippen LogP contribution in [0.15, 0.2) is 23.7 Å². The van der Waals surface area contributed by atoms with Gasteiger partial charge in [-0.15, -0.1) is 11.3 Å². The van der Waals surface area contributed by atoms with E-state index in [0.717, 1.165) is 22.4 Å². The Morgan fingerprint density at radius 2 is 2.46 bits per heavy atom. The van der Waals surface area contributed by atoms with Crippen LogP contribution in [0.4, 0.5) is 0 Å². The summed E-state index contributed by atoms with van der Waals surface area (Å²) in [5, 5.41) is 6.17. The van der Waals surface area contributed by atoms with Crippen LogP contribution in [0.1, 0.15) is 9.67 Å². The van der Waals surface area contributed by atoms with E-state index in [1.165, 1.54) is 11.3 Å². The number of aldehydes is 1. The summed E-state index contributed by atoms with van der Waals surface area (Å²) in [4.78, 5) is 11.2. The average Bonchev–Trinajstić information content (AvgIpc) is 2.71. The summed E-state index contributed by atoms with van der Waals surface area (Å²) in [6.45, 7) is 0. The van der Waals surface area contributed by atoms with E-state index in [4.69, 9.17) is 0 Å². The van der Waals surface area contributed by atoms with Crippen LogP contribution in [0.5, 0.6) is 0 Å². The van der Waals surface area contributed by atoms with Gasteiger partial charge in [-0.25, -0.2) is 0 Å². The minimum atomic E-state index is 0.737. The van der Waals surface area contributed by atoms with E-state index >= 15 is 0 Å². The van der Waals surface area contributed by atoms with Crippen molar-refractivity contribution >= 4 is 17.6 Å². The van der Waals surface area contributed by atoms with Crippen LogP contribution in [0, 0.1) is 0 Å². The van der Waals surface area contributed by atoms with E-state index in [9.17, 15) is 4.79 Å².